The highest BCUT2D eigenvalue weighted by Crippen LogP contribution is 2.16. The molecule has 1 fully saturated rings. The molecule has 1 heterocycles. The summed E-state index contributed by atoms with van der Waals surface area (Å²) in [6.45, 7) is 10.0. The predicted molar refractivity (Wildman–Crippen MR) is 63.5 cm³/mol. The van der Waals surface area contributed by atoms with E-state index in [0.29, 0.717) is 5.92 Å². The maximum Gasteiger partial charge on any atom is 0.0624 e. The topological polar surface area (TPSA) is 35.8 Å². The number of likely N-dealkylation sites (tertiary alicyclic amines) is 1. The van der Waals surface area contributed by atoms with Crippen LogP contribution in [0.3, 0.4) is 0 Å². The van der Waals surface area contributed by atoms with Crippen molar-refractivity contribution in [3.8, 4) is 0 Å². The molecule has 88 valence electrons. The van der Waals surface area contributed by atoms with Crippen LogP contribution < -0.4 is 0 Å². The molecule has 2 atom stereocenters. The summed E-state index contributed by atoms with van der Waals surface area (Å²) in [5.74, 6) is 1.20. The van der Waals surface area contributed by atoms with Gasteiger partial charge in [0.15, 0.2) is 0 Å². The second kappa shape index (κ2) is 6.11. The van der Waals surface area contributed by atoms with Crippen LogP contribution in [-0.4, -0.2) is 35.5 Å². The van der Waals surface area contributed by atoms with Gasteiger partial charge in [-0.3, -0.25) is 0 Å². The van der Waals surface area contributed by atoms with Crippen molar-refractivity contribution in [2.75, 3.05) is 19.6 Å². The first-order chi connectivity index (χ1) is 7.17. The Hall–Kier alpha value is -0.570. The molecule has 0 saturated carbocycles. The number of oxime groups is 1. The third-order valence-corrected chi connectivity index (χ3v) is 3.26. The van der Waals surface area contributed by atoms with Gasteiger partial charge < -0.3 is 10.1 Å². The minimum absolute atomic E-state index is 0.414. The molecule has 0 aliphatic carbocycles. The van der Waals surface area contributed by atoms with Crippen LogP contribution in [0.2, 0.25) is 0 Å². The minimum Gasteiger partial charge on any atom is -0.411 e. The molecule has 1 rings (SSSR count). The fourth-order valence-corrected chi connectivity index (χ4v) is 2.44. The molecule has 1 saturated heterocycles. The Kier molecular flexibility index (Phi) is 5.09. The molecule has 2 unspecified atom stereocenters. The molecule has 0 amide bonds. The zero-order chi connectivity index (χ0) is 11.3. The third kappa shape index (κ3) is 3.82. The smallest absolute Gasteiger partial charge is 0.0624 e. The van der Waals surface area contributed by atoms with Crippen molar-refractivity contribution >= 4 is 5.71 Å². The molecule has 1 aliphatic heterocycles. The largest absolute Gasteiger partial charge is 0.411 e. The van der Waals surface area contributed by atoms with Crippen LogP contribution in [0.25, 0.3) is 0 Å². The molecule has 1 aliphatic rings. The average Bonchev–Trinajstić information content (AvgIpc) is 2.18. The Labute approximate surface area is 93.2 Å². The van der Waals surface area contributed by atoms with Crippen LogP contribution in [-0.2, 0) is 0 Å². The lowest BCUT2D eigenvalue weighted by molar-refractivity contribution is 0.204. The lowest BCUT2D eigenvalue weighted by atomic mass is 9.96. The van der Waals surface area contributed by atoms with Gasteiger partial charge in [0.05, 0.1) is 5.71 Å². The monoisotopic (exact) mass is 212 g/mol. The molecule has 0 aromatic carbocycles. The van der Waals surface area contributed by atoms with Gasteiger partial charge in [0.1, 0.15) is 0 Å². The fraction of sp³-hybridized carbons (Fsp3) is 0.917. The fourth-order valence-electron chi connectivity index (χ4n) is 2.44. The van der Waals surface area contributed by atoms with E-state index >= 15 is 0 Å². The van der Waals surface area contributed by atoms with Crippen LogP contribution in [0.5, 0.6) is 0 Å². The summed E-state index contributed by atoms with van der Waals surface area (Å²) >= 11 is 0. The molecule has 0 bridgehead atoms. The van der Waals surface area contributed by atoms with Crippen LogP contribution in [0, 0.1) is 11.8 Å². The van der Waals surface area contributed by atoms with E-state index in [9.17, 15) is 0 Å². The van der Waals surface area contributed by atoms with E-state index in [1.54, 1.807) is 0 Å². The molecular weight excluding hydrogens is 188 g/mol. The lowest BCUT2D eigenvalue weighted by Crippen LogP contribution is -2.41. The SMILES string of the molecule is CCCC(C)CN1CCC(=NO)C(C)C1. The first-order valence-corrected chi connectivity index (χ1v) is 6.10. The predicted octanol–water partition coefficient (Wildman–Crippen LogP) is 2.59. The van der Waals surface area contributed by atoms with E-state index in [2.05, 4.69) is 30.8 Å². The van der Waals surface area contributed by atoms with Crippen molar-refractivity contribution in [2.45, 2.75) is 40.0 Å². The first kappa shape index (κ1) is 12.5. The molecule has 3 nitrogen and oxygen atoms in total. The van der Waals surface area contributed by atoms with Crippen molar-refractivity contribution in [3.05, 3.63) is 0 Å². The molecule has 3 heteroatoms. The summed E-state index contributed by atoms with van der Waals surface area (Å²) in [6, 6.07) is 0. The standard InChI is InChI=1S/C12H24N2O/c1-4-5-10(2)8-14-7-6-12(13-15)11(3)9-14/h10-11,15H,4-9H2,1-3H3. The summed E-state index contributed by atoms with van der Waals surface area (Å²) in [5.41, 5.74) is 0.967. The van der Waals surface area contributed by atoms with Gasteiger partial charge in [0, 0.05) is 32.0 Å². The molecule has 0 radical (unpaired) electrons. The minimum atomic E-state index is 0.414. The number of nitrogens with zero attached hydrogens (tertiary/aromatic N) is 2. The number of hydrogen-bond donors (Lipinski definition) is 1. The van der Waals surface area contributed by atoms with E-state index in [1.807, 2.05) is 0 Å². The van der Waals surface area contributed by atoms with E-state index in [1.165, 1.54) is 19.4 Å². The Morgan fingerprint density at radius 2 is 2.33 bits per heavy atom. The zero-order valence-corrected chi connectivity index (χ0v) is 10.2. The first-order valence-electron chi connectivity index (χ1n) is 6.10. The quantitative estimate of drug-likeness (QED) is 0.574. The Morgan fingerprint density at radius 1 is 1.60 bits per heavy atom. The van der Waals surface area contributed by atoms with Gasteiger partial charge in [0.2, 0.25) is 0 Å². The molecule has 15 heavy (non-hydrogen) atoms. The molecule has 0 aromatic rings. The van der Waals surface area contributed by atoms with Gasteiger partial charge in [-0.2, -0.15) is 0 Å². The highest BCUT2D eigenvalue weighted by Gasteiger charge is 2.23. The van der Waals surface area contributed by atoms with E-state index in [0.717, 1.165) is 31.1 Å². The number of hydrogen-bond acceptors (Lipinski definition) is 3. The van der Waals surface area contributed by atoms with E-state index in [-0.39, 0.29) is 0 Å². The molecule has 1 N–H and O–H groups in total. The highest BCUT2D eigenvalue weighted by molar-refractivity contribution is 5.86. The van der Waals surface area contributed by atoms with Gasteiger partial charge in [-0.1, -0.05) is 32.3 Å². The second-order valence-electron chi connectivity index (χ2n) is 4.90. The van der Waals surface area contributed by atoms with Crippen molar-refractivity contribution in [3.63, 3.8) is 0 Å². The second-order valence-corrected chi connectivity index (χ2v) is 4.90. The number of piperidine rings is 1. The maximum absolute atomic E-state index is 8.78. The van der Waals surface area contributed by atoms with Crippen molar-refractivity contribution in [1.82, 2.24) is 4.90 Å². The van der Waals surface area contributed by atoms with Crippen LogP contribution in [0.1, 0.15) is 40.0 Å². The maximum atomic E-state index is 8.78. The molecule has 0 aromatic heterocycles. The Balaban J connectivity index is 2.34. The van der Waals surface area contributed by atoms with E-state index in [4.69, 9.17) is 5.21 Å². The summed E-state index contributed by atoms with van der Waals surface area (Å²) in [6.07, 6.45) is 3.51. The van der Waals surface area contributed by atoms with E-state index < -0.39 is 0 Å². The van der Waals surface area contributed by atoms with Crippen molar-refractivity contribution < 1.29 is 5.21 Å². The summed E-state index contributed by atoms with van der Waals surface area (Å²) in [7, 11) is 0. The zero-order valence-electron chi connectivity index (χ0n) is 10.2. The highest BCUT2D eigenvalue weighted by atomic mass is 16.4. The lowest BCUT2D eigenvalue weighted by Gasteiger charge is -2.33. The van der Waals surface area contributed by atoms with Crippen molar-refractivity contribution in [2.24, 2.45) is 17.0 Å². The normalized spacial score (nSPS) is 28.2. The van der Waals surface area contributed by atoms with Crippen LogP contribution >= 0.6 is 0 Å². The Morgan fingerprint density at radius 3 is 2.87 bits per heavy atom. The molecule has 0 spiro atoms. The average molecular weight is 212 g/mol. The van der Waals surface area contributed by atoms with Gasteiger partial charge in [-0.05, 0) is 12.3 Å². The van der Waals surface area contributed by atoms with Gasteiger partial charge in [-0.25, -0.2) is 0 Å². The Bertz CT molecular complexity index is 216. The van der Waals surface area contributed by atoms with Crippen LogP contribution in [0.4, 0.5) is 0 Å². The van der Waals surface area contributed by atoms with Crippen LogP contribution in [0.15, 0.2) is 5.16 Å². The van der Waals surface area contributed by atoms with Gasteiger partial charge in [0.25, 0.3) is 0 Å². The summed E-state index contributed by atoms with van der Waals surface area (Å²) < 4.78 is 0. The van der Waals surface area contributed by atoms with Crippen molar-refractivity contribution in [1.29, 1.82) is 0 Å². The molecular formula is C12H24N2O. The number of rotatable bonds is 4. The summed E-state index contributed by atoms with van der Waals surface area (Å²) in [5, 5.41) is 12.2. The van der Waals surface area contributed by atoms with Gasteiger partial charge in [-0.15, -0.1) is 0 Å². The summed E-state index contributed by atoms with van der Waals surface area (Å²) in [4.78, 5) is 2.50. The third-order valence-electron chi connectivity index (χ3n) is 3.26. The van der Waals surface area contributed by atoms with Gasteiger partial charge >= 0.3 is 0 Å².